The highest BCUT2D eigenvalue weighted by Crippen LogP contribution is 2.20. The van der Waals surface area contributed by atoms with Crippen molar-refractivity contribution in [1.82, 2.24) is 10.6 Å². The number of thioether (sulfide) groups is 1. The van der Waals surface area contributed by atoms with Crippen LogP contribution < -0.4 is 10.6 Å². The Morgan fingerprint density at radius 1 is 1.32 bits per heavy atom. The average molecular weight is 280 g/mol. The number of rotatable bonds is 6. The smallest absolute Gasteiger partial charge is 0.220 e. The molecule has 1 amide bonds. The molecular weight excluding hydrogens is 256 g/mol. The van der Waals surface area contributed by atoms with Gasteiger partial charge >= 0.3 is 0 Å². The van der Waals surface area contributed by atoms with Gasteiger partial charge < -0.3 is 10.6 Å². The Hall–Kier alpha value is -1.00. The molecule has 0 aliphatic rings. The van der Waals surface area contributed by atoms with Crippen LogP contribution in [0, 0.1) is 0 Å². The molecular formula is C15H24N2OS. The van der Waals surface area contributed by atoms with E-state index in [1.807, 2.05) is 0 Å². The average Bonchev–Trinajstić information content (AvgIpc) is 2.36. The summed E-state index contributed by atoms with van der Waals surface area (Å²) in [6.07, 6.45) is 0.561. The van der Waals surface area contributed by atoms with E-state index in [9.17, 15) is 4.79 Å². The molecule has 1 aromatic carbocycles. The number of amides is 1. The Kier molecular flexibility index (Phi) is 6.38. The van der Waals surface area contributed by atoms with Crippen molar-refractivity contribution in [2.45, 2.75) is 44.2 Å². The highest BCUT2D eigenvalue weighted by Gasteiger charge is 2.08. The quantitative estimate of drug-likeness (QED) is 0.787. The van der Waals surface area contributed by atoms with Crippen LogP contribution in [0.5, 0.6) is 0 Å². The summed E-state index contributed by atoms with van der Waals surface area (Å²) in [5.41, 5.74) is 1.40. The van der Waals surface area contributed by atoms with Crippen molar-refractivity contribution in [1.29, 1.82) is 0 Å². The van der Waals surface area contributed by atoms with Crippen LogP contribution in [0.4, 0.5) is 0 Å². The third kappa shape index (κ3) is 7.23. The minimum Gasteiger partial charge on any atom is -0.359 e. The molecule has 0 saturated carbocycles. The van der Waals surface area contributed by atoms with Gasteiger partial charge in [0.2, 0.25) is 5.91 Å². The maximum absolute atomic E-state index is 11.1. The fourth-order valence-electron chi connectivity index (χ4n) is 1.50. The molecule has 4 heteroatoms. The third-order valence-corrected chi connectivity index (χ3v) is 3.59. The van der Waals surface area contributed by atoms with Crippen LogP contribution >= 0.6 is 11.8 Å². The predicted octanol–water partition coefficient (Wildman–Crippen LogP) is 2.80. The first-order chi connectivity index (χ1) is 8.90. The van der Waals surface area contributed by atoms with Crippen molar-refractivity contribution in [3.63, 3.8) is 0 Å². The van der Waals surface area contributed by atoms with E-state index in [-0.39, 0.29) is 11.4 Å². The molecule has 19 heavy (non-hydrogen) atoms. The predicted molar refractivity (Wildman–Crippen MR) is 82.4 cm³/mol. The molecule has 0 unspecified atom stereocenters. The zero-order valence-corrected chi connectivity index (χ0v) is 13.1. The second-order valence-electron chi connectivity index (χ2n) is 5.52. The largest absolute Gasteiger partial charge is 0.359 e. The van der Waals surface area contributed by atoms with E-state index in [0.29, 0.717) is 6.42 Å². The van der Waals surface area contributed by atoms with E-state index in [1.54, 1.807) is 18.8 Å². The lowest BCUT2D eigenvalue weighted by atomic mass is 10.1. The number of carbonyl (C=O) groups excluding carboxylic acids is 1. The lowest BCUT2D eigenvalue weighted by molar-refractivity contribution is -0.120. The first-order valence-electron chi connectivity index (χ1n) is 6.58. The molecule has 0 saturated heterocycles. The van der Waals surface area contributed by atoms with E-state index < -0.39 is 0 Å². The summed E-state index contributed by atoms with van der Waals surface area (Å²) < 4.78 is 0. The van der Waals surface area contributed by atoms with Crippen LogP contribution in [-0.4, -0.2) is 24.2 Å². The molecule has 0 aliphatic heterocycles. The van der Waals surface area contributed by atoms with Crippen molar-refractivity contribution in [3.05, 3.63) is 29.8 Å². The highest BCUT2D eigenvalue weighted by molar-refractivity contribution is 7.99. The topological polar surface area (TPSA) is 41.1 Å². The van der Waals surface area contributed by atoms with Crippen molar-refractivity contribution in [3.8, 4) is 0 Å². The standard InChI is InChI=1S/C15H24N2OS/c1-15(2,3)17-11-12-6-5-7-13(10-12)19-9-8-14(18)16-4/h5-7,10,17H,8-9,11H2,1-4H3,(H,16,18). The van der Waals surface area contributed by atoms with E-state index in [4.69, 9.17) is 0 Å². The van der Waals surface area contributed by atoms with Gasteiger partial charge in [-0.15, -0.1) is 11.8 Å². The fourth-order valence-corrected chi connectivity index (χ4v) is 2.43. The Bertz CT molecular complexity index is 413. The monoisotopic (exact) mass is 280 g/mol. The van der Waals surface area contributed by atoms with Crippen LogP contribution in [0.3, 0.4) is 0 Å². The van der Waals surface area contributed by atoms with Crippen LogP contribution in [0.2, 0.25) is 0 Å². The summed E-state index contributed by atoms with van der Waals surface area (Å²) in [7, 11) is 1.67. The fraction of sp³-hybridized carbons (Fsp3) is 0.533. The summed E-state index contributed by atoms with van der Waals surface area (Å²) in [5.74, 6) is 0.911. The summed E-state index contributed by atoms with van der Waals surface area (Å²) in [6.45, 7) is 7.35. The van der Waals surface area contributed by atoms with Gasteiger partial charge in [-0.3, -0.25) is 4.79 Å². The van der Waals surface area contributed by atoms with E-state index in [0.717, 1.165) is 12.3 Å². The van der Waals surface area contributed by atoms with E-state index >= 15 is 0 Å². The van der Waals surface area contributed by atoms with Gasteiger partial charge in [-0.1, -0.05) is 12.1 Å². The first-order valence-corrected chi connectivity index (χ1v) is 7.56. The zero-order chi connectivity index (χ0) is 14.3. The number of benzene rings is 1. The lowest BCUT2D eigenvalue weighted by Gasteiger charge is -2.20. The van der Waals surface area contributed by atoms with Crippen LogP contribution in [0.15, 0.2) is 29.2 Å². The molecule has 0 atom stereocenters. The SMILES string of the molecule is CNC(=O)CCSc1cccc(CNC(C)(C)C)c1. The third-order valence-electron chi connectivity index (χ3n) is 2.60. The number of hydrogen-bond acceptors (Lipinski definition) is 3. The van der Waals surface area contributed by atoms with Gasteiger partial charge in [0.05, 0.1) is 0 Å². The summed E-state index contributed by atoms with van der Waals surface area (Å²) in [4.78, 5) is 12.4. The Morgan fingerprint density at radius 2 is 2.05 bits per heavy atom. The minimum absolute atomic E-state index is 0.0954. The zero-order valence-electron chi connectivity index (χ0n) is 12.2. The van der Waals surface area contributed by atoms with Crippen LogP contribution in [0.1, 0.15) is 32.8 Å². The molecule has 2 N–H and O–H groups in total. The number of hydrogen-bond donors (Lipinski definition) is 2. The molecule has 3 nitrogen and oxygen atoms in total. The van der Waals surface area contributed by atoms with Gasteiger partial charge in [0, 0.05) is 36.2 Å². The molecule has 106 valence electrons. The van der Waals surface area contributed by atoms with Crippen LogP contribution in [0.25, 0.3) is 0 Å². The van der Waals surface area contributed by atoms with Gasteiger partial charge in [0.1, 0.15) is 0 Å². The summed E-state index contributed by atoms with van der Waals surface area (Å²) >= 11 is 1.72. The van der Waals surface area contributed by atoms with E-state index in [2.05, 4.69) is 55.7 Å². The minimum atomic E-state index is 0.0954. The lowest BCUT2D eigenvalue weighted by Crippen LogP contribution is -2.35. The van der Waals surface area contributed by atoms with Crippen molar-refractivity contribution in [2.75, 3.05) is 12.8 Å². The molecule has 1 aromatic rings. The highest BCUT2D eigenvalue weighted by atomic mass is 32.2. The maximum atomic E-state index is 11.1. The van der Waals surface area contributed by atoms with Gasteiger partial charge in [0.25, 0.3) is 0 Å². The van der Waals surface area contributed by atoms with Crippen molar-refractivity contribution < 1.29 is 4.79 Å². The number of carbonyl (C=O) groups is 1. The van der Waals surface area contributed by atoms with Crippen molar-refractivity contribution >= 4 is 17.7 Å². The van der Waals surface area contributed by atoms with Crippen LogP contribution in [-0.2, 0) is 11.3 Å². The van der Waals surface area contributed by atoms with Gasteiger partial charge in [-0.2, -0.15) is 0 Å². The Balaban J connectivity index is 2.45. The number of nitrogens with one attached hydrogen (secondary N) is 2. The molecule has 0 heterocycles. The molecule has 0 aliphatic carbocycles. The van der Waals surface area contributed by atoms with Gasteiger partial charge in [-0.05, 0) is 38.5 Å². The molecule has 0 aromatic heterocycles. The van der Waals surface area contributed by atoms with Gasteiger partial charge in [0.15, 0.2) is 0 Å². The summed E-state index contributed by atoms with van der Waals surface area (Å²) in [6, 6.07) is 8.48. The Morgan fingerprint density at radius 3 is 2.68 bits per heavy atom. The summed E-state index contributed by atoms with van der Waals surface area (Å²) in [5, 5.41) is 6.11. The van der Waals surface area contributed by atoms with Gasteiger partial charge in [-0.25, -0.2) is 0 Å². The normalized spacial score (nSPS) is 11.4. The van der Waals surface area contributed by atoms with Crippen molar-refractivity contribution in [2.24, 2.45) is 0 Å². The maximum Gasteiger partial charge on any atom is 0.220 e. The van der Waals surface area contributed by atoms with E-state index in [1.165, 1.54) is 10.5 Å². The molecule has 0 radical (unpaired) electrons. The molecule has 1 rings (SSSR count). The Labute approximate surface area is 120 Å². The second-order valence-corrected chi connectivity index (χ2v) is 6.69. The second kappa shape index (κ2) is 7.56. The molecule has 0 bridgehead atoms. The molecule has 0 fully saturated rings. The first kappa shape index (κ1) is 16.1. The molecule has 0 spiro atoms.